The number of hydrogen-bond acceptors (Lipinski definition) is 9. The third kappa shape index (κ3) is 4.64. The number of benzene rings is 1. The van der Waals surface area contributed by atoms with Crippen LogP contribution in [-0.4, -0.2) is 85.0 Å². The molecule has 9 heteroatoms. The summed E-state index contributed by atoms with van der Waals surface area (Å²) in [6.45, 7) is 6.71. The second-order valence-electron chi connectivity index (χ2n) is 10.7. The number of nitrogens with zero attached hydrogens (tertiary/aromatic N) is 6. The van der Waals surface area contributed by atoms with Gasteiger partial charge in [-0.15, -0.1) is 0 Å². The zero-order chi connectivity index (χ0) is 26.2. The Bertz CT molecular complexity index is 1330. The largest absolute Gasteiger partial charge is 0.489 e. The van der Waals surface area contributed by atoms with Crippen molar-refractivity contribution in [1.29, 1.82) is 5.26 Å². The van der Waals surface area contributed by atoms with Crippen molar-refractivity contribution < 1.29 is 9.47 Å². The number of methoxy groups -OCH3 is 1. The molecule has 5 atom stereocenters. The molecule has 38 heavy (non-hydrogen) atoms. The number of aromatic nitrogens is 2. The Hall–Kier alpha value is -3.45. The molecular weight excluding hydrogens is 478 g/mol. The molecule has 2 aromatic heterocycles. The molecule has 0 aliphatic carbocycles. The minimum Gasteiger partial charge on any atom is -0.489 e. The van der Waals surface area contributed by atoms with Gasteiger partial charge in [0, 0.05) is 75.6 Å². The van der Waals surface area contributed by atoms with Gasteiger partial charge < -0.3 is 25.0 Å². The van der Waals surface area contributed by atoms with E-state index < -0.39 is 0 Å². The van der Waals surface area contributed by atoms with E-state index in [-0.39, 0.29) is 18.2 Å². The third-order valence-corrected chi connectivity index (χ3v) is 8.36. The number of rotatable bonds is 5. The number of hydrogen-bond donors (Lipinski definition) is 1. The predicted molar refractivity (Wildman–Crippen MR) is 147 cm³/mol. The van der Waals surface area contributed by atoms with Crippen LogP contribution in [-0.2, 0) is 4.74 Å². The first-order valence-electron chi connectivity index (χ1n) is 13.5. The van der Waals surface area contributed by atoms with Crippen LogP contribution < -0.4 is 20.3 Å². The van der Waals surface area contributed by atoms with Gasteiger partial charge in [0.05, 0.1) is 29.4 Å². The van der Waals surface area contributed by atoms with Crippen molar-refractivity contribution in [2.75, 3.05) is 49.6 Å². The van der Waals surface area contributed by atoms with Gasteiger partial charge in [0.25, 0.3) is 0 Å². The molecule has 0 amide bonds. The third-order valence-electron chi connectivity index (χ3n) is 8.36. The Labute approximate surface area is 223 Å². The Morgan fingerprint density at radius 3 is 2.71 bits per heavy atom. The fourth-order valence-electron chi connectivity index (χ4n) is 6.43. The van der Waals surface area contributed by atoms with Crippen LogP contribution in [0.5, 0.6) is 5.75 Å². The van der Waals surface area contributed by atoms with Crippen molar-refractivity contribution in [2.45, 2.75) is 50.1 Å². The van der Waals surface area contributed by atoms with Crippen LogP contribution in [0.2, 0.25) is 0 Å². The second-order valence-corrected chi connectivity index (χ2v) is 10.7. The van der Waals surface area contributed by atoms with Crippen LogP contribution in [0.1, 0.15) is 25.3 Å². The fourth-order valence-corrected chi connectivity index (χ4v) is 6.43. The SMILES string of the molecule is CO[C@H]1CN(c2ccc(O[C@H]3CCN4[C@@H](C3)CN(c3ccc(C#N)c5ncccc35)C[C@H]4C)cn2)C[C@H]1N. The van der Waals surface area contributed by atoms with Gasteiger partial charge in [0.2, 0.25) is 0 Å². The molecule has 5 heterocycles. The smallest absolute Gasteiger partial charge is 0.138 e. The zero-order valence-corrected chi connectivity index (χ0v) is 22.0. The normalized spacial score (nSPS) is 27.8. The van der Waals surface area contributed by atoms with Crippen molar-refractivity contribution >= 4 is 22.4 Å². The van der Waals surface area contributed by atoms with E-state index in [1.165, 1.54) is 0 Å². The lowest BCUT2D eigenvalue weighted by Crippen LogP contribution is -2.61. The summed E-state index contributed by atoms with van der Waals surface area (Å²) >= 11 is 0. The maximum Gasteiger partial charge on any atom is 0.138 e. The Morgan fingerprint density at radius 1 is 1.05 bits per heavy atom. The molecule has 198 valence electrons. The van der Waals surface area contributed by atoms with Crippen molar-refractivity contribution in [2.24, 2.45) is 5.73 Å². The molecule has 3 fully saturated rings. The molecule has 0 spiro atoms. The summed E-state index contributed by atoms with van der Waals surface area (Å²) < 4.78 is 11.9. The second kappa shape index (κ2) is 10.4. The summed E-state index contributed by atoms with van der Waals surface area (Å²) in [6, 6.07) is 15.1. The van der Waals surface area contributed by atoms with E-state index in [4.69, 9.17) is 15.2 Å². The standard InChI is InChI=1S/C29H35N7O2/c1-19-15-34(26-7-5-20(13-30)29-24(26)4-3-10-32-29)16-21-12-22(9-11-36(19)21)38-23-6-8-28(33-14-23)35-17-25(31)27(18-35)37-2/h3-8,10,14,19,21-22,25,27H,9,11-12,15-18,31H2,1-2H3/t19-,21+,22+,25-,27+/m1/s1. The Morgan fingerprint density at radius 2 is 1.95 bits per heavy atom. The maximum atomic E-state index is 9.54. The molecule has 0 bridgehead atoms. The molecule has 6 rings (SSSR count). The van der Waals surface area contributed by atoms with Gasteiger partial charge in [-0.3, -0.25) is 9.88 Å². The van der Waals surface area contributed by atoms with Crippen molar-refractivity contribution in [1.82, 2.24) is 14.9 Å². The van der Waals surface area contributed by atoms with Crippen molar-refractivity contribution in [3.05, 3.63) is 54.4 Å². The number of piperidine rings is 1. The van der Waals surface area contributed by atoms with Gasteiger partial charge in [-0.1, -0.05) is 0 Å². The number of nitriles is 1. The average molecular weight is 514 g/mol. The van der Waals surface area contributed by atoms with E-state index >= 15 is 0 Å². The first-order chi connectivity index (χ1) is 18.5. The first-order valence-corrected chi connectivity index (χ1v) is 13.5. The van der Waals surface area contributed by atoms with E-state index in [0.717, 1.165) is 73.7 Å². The van der Waals surface area contributed by atoms with Crippen LogP contribution >= 0.6 is 0 Å². The lowest BCUT2D eigenvalue weighted by atomic mass is 9.93. The molecular formula is C29H35N7O2. The highest BCUT2D eigenvalue weighted by molar-refractivity contribution is 5.95. The zero-order valence-electron chi connectivity index (χ0n) is 22.0. The monoisotopic (exact) mass is 513 g/mol. The van der Waals surface area contributed by atoms with E-state index in [2.05, 4.69) is 49.8 Å². The topological polar surface area (TPSA) is 104 Å². The Balaban J connectivity index is 1.14. The number of pyridine rings is 2. The summed E-state index contributed by atoms with van der Waals surface area (Å²) in [5.74, 6) is 1.71. The number of anilines is 2. The Kier molecular flexibility index (Phi) is 6.78. The molecule has 3 aliphatic heterocycles. The van der Waals surface area contributed by atoms with Gasteiger partial charge in [-0.25, -0.2) is 4.98 Å². The van der Waals surface area contributed by atoms with Crippen molar-refractivity contribution in [3.63, 3.8) is 0 Å². The molecule has 3 aliphatic rings. The van der Waals surface area contributed by atoms with E-state index in [0.29, 0.717) is 17.6 Å². The maximum absolute atomic E-state index is 9.54. The summed E-state index contributed by atoms with van der Waals surface area (Å²) in [7, 11) is 1.71. The highest BCUT2D eigenvalue weighted by Crippen LogP contribution is 2.34. The van der Waals surface area contributed by atoms with Crippen LogP contribution in [0.3, 0.4) is 0 Å². The highest BCUT2D eigenvalue weighted by Gasteiger charge is 2.38. The molecule has 3 saturated heterocycles. The molecule has 9 nitrogen and oxygen atoms in total. The van der Waals surface area contributed by atoms with Crippen LogP contribution in [0.4, 0.5) is 11.5 Å². The predicted octanol–water partition coefficient (Wildman–Crippen LogP) is 2.78. The van der Waals surface area contributed by atoms with Crippen molar-refractivity contribution in [3.8, 4) is 11.8 Å². The molecule has 0 saturated carbocycles. The quantitative estimate of drug-likeness (QED) is 0.551. The van der Waals surface area contributed by atoms with E-state index in [1.54, 1.807) is 13.3 Å². The molecule has 0 radical (unpaired) electrons. The molecule has 1 aromatic carbocycles. The van der Waals surface area contributed by atoms with Gasteiger partial charge >= 0.3 is 0 Å². The van der Waals surface area contributed by atoms with Crippen LogP contribution in [0.25, 0.3) is 10.9 Å². The van der Waals surface area contributed by atoms with Crippen LogP contribution in [0.15, 0.2) is 48.8 Å². The fraction of sp³-hybridized carbons (Fsp3) is 0.483. The summed E-state index contributed by atoms with van der Waals surface area (Å²) in [5.41, 5.74) is 8.72. The van der Waals surface area contributed by atoms with Gasteiger partial charge in [-0.05, 0) is 49.7 Å². The average Bonchev–Trinajstić information content (AvgIpc) is 3.33. The number of nitrogens with two attached hydrogens (primary N) is 1. The lowest BCUT2D eigenvalue weighted by Gasteiger charge is -2.50. The lowest BCUT2D eigenvalue weighted by molar-refractivity contribution is 0.0237. The summed E-state index contributed by atoms with van der Waals surface area (Å²) in [6.07, 6.45) is 5.74. The minimum absolute atomic E-state index is 0.00102. The number of ether oxygens (including phenoxy) is 2. The summed E-state index contributed by atoms with van der Waals surface area (Å²) in [5, 5.41) is 10.6. The van der Waals surface area contributed by atoms with Gasteiger partial charge in [0.15, 0.2) is 0 Å². The first kappa shape index (κ1) is 24.9. The van der Waals surface area contributed by atoms with Crippen LogP contribution in [0, 0.1) is 11.3 Å². The van der Waals surface area contributed by atoms with Gasteiger partial charge in [0.1, 0.15) is 23.7 Å². The molecule has 0 unspecified atom stereocenters. The summed E-state index contributed by atoms with van der Waals surface area (Å²) in [4.78, 5) is 16.4. The molecule has 3 aromatic rings. The molecule has 2 N–H and O–H groups in total. The van der Waals surface area contributed by atoms with E-state index in [9.17, 15) is 5.26 Å². The highest BCUT2D eigenvalue weighted by atomic mass is 16.5. The minimum atomic E-state index is -0.00102. The van der Waals surface area contributed by atoms with Gasteiger partial charge in [-0.2, -0.15) is 5.26 Å². The number of piperazine rings is 1. The van der Waals surface area contributed by atoms with E-state index in [1.807, 2.05) is 30.5 Å². The number of fused-ring (bicyclic) bond motifs is 2.